The van der Waals surface area contributed by atoms with Crippen LogP contribution in [0.4, 0.5) is 0 Å². The van der Waals surface area contributed by atoms with Gasteiger partial charge in [-0.15, -0.1) is 0 Å². The zero-order valence-electron chi connectivity index (χ0n) is 22.5. The number of rotatable bonds is 24. The lowest BCUT2D eigenvalue weighted by atomic mass is 10.1. The number of imidazole rings is 1. The van der Waals surface area contributed by atoms with Crippen molar-refractivity contribution in [2.75, 3.05) is 0 Å². The lowest BCUT2D eigenvalue weighted by Crippen LogP contribution is -2.37. The molecule has 1 aromatic rings. The quantitative estimate of drug-likeness (QED) is 0.110. The molecule has 0 aliphatic heterocycles. The molecule has 0 saturated carbocycles. The maximum absolute atomic E-state index is 2.59. The number of hydrogen-bond donors (Lipinski definition) is 0. The first-order chi connectivity index (χ1) is 15.8. The van der Waals surface area contributed by atoms with E-state index in [1.165, 1.54) is 154 Å². The molecule has 0 spiro atoms. The predicted molar refractivity (Wildman–Crippen MR) is 142 cm³/mol. The van der Waals surface area contributed by atoms with Gasteiger partial charge in [-0.25, -0.2) is 9.13 Å². The van der Waals surface area contributed by atoms with Crippen LogP contribution in [0.3, 0.4) is 0 Å². The maximum atomic E-state index is 2.59. The van der Waals surface area contributed by atoms with Crippen molar-refractivity contribution in [1.82, 2.24) is 4.57 Å². The minimum Gasteiger partial charge on any atom is -0.234 e. The molecular formula is C30H59N2+. The molecule has 1 aromatic heterocycles. The monoisotopic (exact) mass is 447 g/mol. The first-order valence-electron chi connectivity index (χ1n) is 14.9. The van der Waals surface area contributed by atoms with E-state index in [1.807, 2.05) is 0 Å². The number of nitrogens with zero attached hydrogens (tertiary/aromatic N) is 2. The summed E-state index contributed by atoms with van der Waals surface area (Å²) < 4.78 is 5.16. The van der Waals surface area contributed by atoms with E-state index in [9.17, 15) is 0 Å². The Bertz CT molecular complexity index is 505. The normalized spacial score (nSPS) is 11.5. The van der Waals surface area contributed by atoms with Crippen LogP contribution in [0.25, 0.3) is 0 Å². The minimum absolute atomic E-state index is 1.21. The molecule has 0 atom stereocenters. The number of aromatic nitrogens is 2. The second-order valence-corrected chi connectivity index (χ2v) is 10.2. The fraction of sp³-hybridized carbons (Fsp3) is 0.900. The Kier molecular flexibility index (Phi) is 20.1. The van der Waals surface area contributed by atoms with Gasteiger partial charge < -0.3 is 0 Å². The van der Waals surface area contributed by atoms with Crippen molar-refractivity contribution in [1.29, 1.82) is 0 Å². The van der Waals surface area contributed by atoms with Crippen molar-refractivity contribution in [2.45, 2.75) is 175 Å². The molecule has 0 fully saturated rings. The Morgan fingerprint density at radius 1 is 0.531 bits per heavy atom. The highest BCUT2D eigenvalue weighted by atomic mass is 15.1. The Labute approximate surface area is 202 Å². The van der Waals surface area contributed by atoms with E-state index < -0.39 is 0 Å². The summed E-state index contributed by atoms with van der Waals surface area (Å²) in [5.74, 6) is 1.60. The van der Waals surface area contributed by atoms with Crippen molar-refractivity contribution in [2.24, 2.45) is 0 Å². The van der Waals surface area contributed by atoms with Crippen molar-refractivity contribution in [3.8, 4) is 0 Å². The molecule has 2 heteroatoms. The van der Waals surface area contributed by atoms with E-state index in [1.54, 1.807) is 5.82 Å². The zero-order valence-corrected chi connectivity index (χ0v) is 22.5. The van der Waals surface area contributed by atoms with Crippen LogP contribution in [0.15, 0.2) is 12.4 Å². The molecule has 0 aromatic carbocycles. The van der Waals surface area contributed by atoms with Crippen LogP contribution in [0.2, 0.25) is 0 Å². The molecule has 0 N–H and O–H groups in total. The molecular weight excluding hydrogens is 388 g/mol. The maximum Gasteiger partial charge on any atom is 0.256 e. The molecule has 0 saturated heterocycles. The zero-order chi connectivity index (χ0) is 23.1. The van der Waals surface area contributed by atoms with Gasteiger partial charge in [-0.3, -0.25) is 0 Å². The van der Waals surface area contributed by atoms with Gasteiger partial charge >= 0.3 is 0 Å². The average molecular weight is 448 g/mol. The summed E-state index contributed by atoms with van der Waals surface area (Å²) in [5.41, 5.74) is 0. The van der Waals surface area contributed by atoms with Crippen molar-refractivity contribution < 1.29 is 4.57 Å². The van der Waals surface area contributed by atoms with Gasteiger partial charge in [0.25, 0.3) is 5.82 Å². The SMILES string of the molecule is CCCCCCCCCCCCCCn1cc[n+](CCCCC)c1CCCCCCCC. The standard InChI is InChI=1S/C30H59N2/c1-4-7-10-12-14-15-16-17-18-19-21-24-27-32-29-28-31(26-23-9-6-3)30(32)25-22-20-13-11-8-5-2/h28-29H,4-27H2,1-3H3/q+1. The summed E-state index contributed by atoms with van der Waals surface area (Å²) in [6.45, 7) is 9.36. The second-order valence-electron chi connectivity index (χ2n) is 10.2. The summed E-state index contributed by atoms with van der Waals surface area (Å²) in [7, 11) is 0. The molecule has 0 aliphatic carbocycles. The van der Waals surface area contributed by atoms with Crippen molar-refractivity contribution in [3.63, 3.8) is 0 Å². The van der Waals surface area contributed by atoms with Crippen LogP contribution < -0.4 is 4.57 Å². The van der Waals surface area contributed by atoms with Gasteiger partial charge in [0.05, 0.1) is 13.1 Å². The summed E-state index contributed by atoms with van der Waals surface area (Å²) >= 11 is 0. The molecule has 188 valence electrons. The van der Waals surface area contributed by atoms with E-state index >= 15 is 0 Å². The second kappa shape index (κ2) is 22.0. The molecule has 1 rings (SSSR count). The fourth-order valence-electron chi connectivity index (χ4n) is 4.91. The number of unbranched alkanes of at least 4 members (excludes halogenated alkanes) is 18. The summed E-state index contributed by atoms with van der Waals surface area (Å²) in [6.07, 6.45) is 35.6. The van der Waals surface area contributed by atoms with Crippen LogP contribution in [0.1, 0.15) is 161 Å². The molecule has 1 heterocycles. The van der Waals surface area contributed by atoms with Crippen LogP contribution in [-0.4, -0.2) is 4.57 Å². The third-order valence-electron chi connectivity index (χ3n) is 7.10. The Hall–Kier alpha value is -0.790. The molecule has 0 unspecified atom stereocenters. The average Bonchev–Trinajstić information content (AvgIpc) is 3.18. The van der Waals surface area contributed by atoms with Gasteiger partial charge in [0.2, 0.25) is 0 Å². The van der Waals surface area contributed by atoms with Crippen LogP contribution in [-0.2, 0) is 19.5 Å². The van der Waals surface area contributed by atoms with Gasteiger partial charge in [-0.1, -0.05) is 124 Å². The van der Waals surface area contributed by atoms with Gasteiger partial charge in [0.15, 0.2) is 0 Å². The predicted octanol–water partition coefficient (Wildman–Crippen LogP) is 9.57. The lowest BCUT2D eigenvalue weighted by Gasteiger charge is -2.06. The van der Waals surface area contributed by atoms with Crippen molar-refractivity contribution >= 4 is 0 Å². The summed E-state index contributed by atoms with van der Waals surface area (Å²) in [6, 6.07) is 0. The van der Waals surface area contributed by atoms with E-state index in [0.29, 0.717) is 0 Å². The third-order valence-corrected chi connectivity index (χ3v) is 7.10. The van der Waals surface area contributed by atoms with Crippen LogP contribution >= 0.6 is 0 Å². The number of hydrogen-bond acceptors (Lipinski definition) is 0. The van der Waals surface area contributed by atoms with Gasteiger partial charge in [-0.05, 0) is 32.1 Å². The molecule has 0 aliphatic rings. The minimum atomic E-state index is 1.21. The van der Waals surface area contributed by atoms with Crippen LogP contribution in [0, 0.1) is 0 Å². The molecule has 0 amide bonds. The van der Waals surface area contributed by atoms with Gasteiger partial charge in [0, 0.05) is 6.42 Å². The Morgan fingerprint density at radius 3 is 1.50 bits per heavy atom. The summed E-state index contributed by atoms with van der Waals surface area (Å²) in [4.78, 5) is 0. The molecule has 0 radical (unpaired) electrons. The molecule has 0 bridgehead atoms. The van der Waals surface area contributed by atoms with Gasteiger partial charge in [-0.2, -0.15) is 0 Å². The van der Waals surface area contributed by atoms with Crippen LogP contribution in [0.5, 0.6) is 0 Å². The topological polar surface area (TPSA) is 8.81 Å². The number of aryl methyl sites for hydroxylation is 2. The van der Waals surface area contributed by atoms with E-state index in [4.69, 9.17) is 0 Å². The van der Waals surface area contributed by atoms with E-state index in [2.05, 4.69) is 42.3 Å². The fourth-order valence-corrected chi connectivity index (χ4v) is 4.91. The highest BCUT2D eigenvalue weighted by Crippen LogP contribution is 2.13. The Balaban J connectivity index is 2.23. The van der Waals surface area contributed by atoms with E-state index in [-0.39, 0.29) is 0 Å². The third kappa shape index (κ3) is 15.1. The molecule has 2 nitrogen and oxygen atoms in total. The van der Waals surface area contributed by atoms with Gasteiger partial charge in [0.1, 0.15) is 12.4 Å². The first-order valence-corrected chi connectivity index (χ1v) is 14.9. The van der Waals surface area contributed by atoms with Crippen molar-refractivity contribution in [3.05, 3.63) is 18.2 Å². The highest BCUT2D eigenvalue weighted by molar-refractivity contribution is 4.84. The molecule has 32 heavy (non-hydrogen) atoms. The Morgan fingerprint density at radius 2 is 0.969 bits per heavy atom. The lowest BCUT2D eigenvalue weighted by molar-refractivity contribution is -0.704. The summed E-state index contributed by atoms with van der Waals surface area (Å²) in [5, 5.41) is 0. The highest BCUT2D eigenvalue weighted by Gasteiger charge is 2.16. The smallest absolute Gasteiger partial charge is 0.234 e. The van der Waals surface area contributed by atoms with E-state index in [0.717, 1.165) is 0 Å². The largest absolute Gasteiger partial charge is 0.256 e. The first kappa shape index (κ1) is 29.2.